The summed E-state index contributed by atoms with van der Waals surface area (Å²) in [6, 6.07) is 6.88. The van der Waals surface area contributed by atoms with E-state index in [1.807, 2.05) is 19.1 Å². The van der Waals surface area contributed by atoms with Gasteiger partial charge in [-0.25, -0.2) is 8.42 Å². The van der Waals surface area contributed by atoms with Gasteiger partial charge in [0.2, 0.25) is 5.13 Å². The van der Waals surface area contributed by atoms with Crippen LogP contribution >= 0.6 is 23.1 Å². The van der Waals surface area contributed by atoms with Gasteiger partial charge in [-0.3, -0.25) is 0 Å². The molecule has 0 unspecified atom stereocenters. The van der Waals surface area contributed by atoms with Gasteiger partial charge in [0.05, 0.1) is 10.6 Å². The van der Waals surface area contributed by atoms with Gasteiger partial charge in [0.1, 0.15) is 5.01 Å². The second-order valence-corrected chi connectivity index (χ2v) is 8.19. The van der Waals surface area contributed by atoms with E-state index in [9.17, 15) is 8.42 Å². The maximum Gasteiger partial charge on any atom is 0.205 e. The third-order valence-corrected chi connectivity index (χ3v) is 5.62. The molecule has 1 aromatic carbocycles. The van der Waals surface area contributed by atoms with Crippen LogP contribution in [0.3, 0.4) is 0 Å². The quantitative estimate of drug-likeness (QED) is 0.822. The Morgan fingerprint density at radius 3 is 2.55 bits per heavy atom. The zero-order chi connectivity index (χ0) is 14.6. The molecule has 0 bridgehead atoms. The molecule has 0 atom stereocenters. The summed E-state index contributed by atoms with van der Waals surface area (Å²) in [6.07, 6.45) is 1.21. The third kappa shape index (κ3) is 4.19. The number of thioether (sulfide) groups is 1. The van der Waals surface area contributed by atoms with E-state index >= 15 is 0 Å². The van der Waals surface area contributed by atoms with Crippen LogP contribution in [-0.4, -0.2) is 31.4 Å². The van der Waals surface area contributed by atoms with Gasteiger partial charge in [0.25, 0.3) is 0 Å². The van der Waals surface area contributed by atoms with E-state index in [0.29, 0.717) is 4.90 Å². The van der Waals surface area contributed by atoms with Crippen LogP contribution < -0.4 is 5.32 Å². The summed E-state index contributed by atoms with van der Waals surface area (Å²) in [4.78, 5) is 1.35. The van der Waals surface area contributed by atoms with Crippen LogP contribution in [0.2, 0.25) is 0 Å². The van der Waals surface area contributed by atoms with Gasteiger partial charge >= 0.3 is 0 Å². The van der Waals surface area contributed by atoms with Crippen molar-refractivity contribution in [2.75, 3.05) is 18.1 Å². The molecule has 8 heteroatoms. The van der Waals surface area contributed by atoms with Crippen LogP contribution in [0.25, 0.3) is 0 Å². The van der Waals surface area contributed by atoms with Crippen LogP contribution in [0.1, 0.15) is 11.9 Å². The Labute approximate surface area is 126 Å². The summed E-state index contributed by atoms with van der Waals surface area (Å²) in [5.41, 5.74) is 0. The lowest BCUT2D eigenvalue weighted by atomic mass is 10.4. The maximum atomic E-state index is 11.4. The highest BCUT2D eigenvalue weighted by Crippen LogP contribution is 2.26. The monoisotopic (exact) mass is 329 g/mol. The molecule has 0 aliphatic carbocycles. The van der Waals surface area contributed by atoms with Crippen molar-refractivity contribution in [1.82, 2.24) is 10.2 Å². The zero-order valence-corrected chi connectivity index (χ0v) is 13.6. The molecule has 1 N–H and O–H groups in total. The van der Waals surface area contributed by atoms with Crippen molar-refractivity contribution in [3.05, 3.63) is 29.3 Å². The van der Waals surface area contributed by atoms with Crippen molar-refractivity contribution >= 4 is 38.1 Å². The topological polar surface area (TPSA) is 72.0 Å². The Hall–Kier alpha value is -1.12. The number of benzene rings is 1. The first-order valence-electron chi connectivity index (χ1n) is 5.98. The Morgan fingerprint density at radius 2 is 1.95 bits per heavy atom. The second-order valence-electron chi connectivity index (χ2n) is 4.06. The molecule has 108 valence electrons. The minimum atomic E-state index is -3.13. The lowest BCUT2D eigenvalue weighted by Gasteiger charge is -2.01. The summed E-state index contributed by atoms with van der Waals surface area (Å²) < 4.78 is 22.7. The van der Waals surface area contributed by atoms with Crippen molar-refractivity contribution in [2.45, 2.75) is 22.5 Å². The van der Waals surface area contributed by atoms with E-state index < -0.39 is 9.84 Å². The highest BCUT2D eigenvalue weighted by Gasteiger charge is 2.07. The first-order chi connectivity index (χ1) is 9.49. The lowest BCUT2D eigenvalue weighted by Crippen LogP contribution is -1.95. The van der Waals surface area contributed by atoms with Crippen LogP contribution in [0, 0.1) is 0 Å². The number of hydrogen-bond acceptors (Lipinski definition) is 7. The Balaban J connectivity index is 1.96. The maximum absolute atomic E-state index is 11.4. The van der Waals surface area contributed by atoms with Gasteiger partial charge in [0.15, 0.2) is 9.84 Å². The molecule has 0 aliphatic rings. The van der Waals surface area contributed by atoms with E-state index in [1.54, 1.807) is 23.9 Å². The summed E-state index contributed by atoms with van der Waals surface area (Å²) in [5.74, 6) is 0.723. The summed E-state index contributed by atoms with van der Waals surface area (Å²) in [5, 5.41) is 13.0. The Morgan fingerprint density at radius 1 is 1.25 bits per heavy atom. The fourth-order valence-corrected chi connectivity index (χ4v) is 3.79. The van der Waals surface area contributed by atoms with E-state index in [2.05, 4.69) is 15.5 Å². The molecule has 0 spiro atoms. The smallest absolute Gasteiger partial charge is 0.205 e. The minimum Gasteiger partial charge on any atom is -0.360 e. The van der Waals surface area contributed by atoms with Gasteiger partial charge in [-0.2, -0.15) is 0 Å². The molecule has 0 saturated carbocycles. The molecule has 2 aromatic rings. The third-order valence-electron chi connectivity index (χ3n) is 2.41. The fraction of sp³-hybridized carbons (Fsp3) is 0.333. The normalized spacial score (nSPS) is 11.5. The van der Waals surface area contributed by atoms with Crippen molar-refractivity contribution in [3.63, 3.8) is 0 Å². The number of nitrogens with one attached hydrogen (secondary N) is 1. The summed E-state index contributed by atoms with van der Waals surface area (Å²) in [7, 11) is -3.13. The number of sulfone groups is 1. The lowest BCUT2D eigenvalue weighted by molar-refractivity contribution is 0.602. The molecule has 2 rings (SSSR count). The molecule has 1 aromatic heterocycles. The van der Waals surface area contributed by atoms with Gasteiger partial charge < -0.3 is 5.32 Å². The molecule has 0 amide bonds. The summed E-state index contributed by atoms with van der Waals surface area (Å²) in [6.45, 7) is 2.84. The SMILES string of the molecule is CCNc1nnc(CSc2ccc(S(C)(=O)=O)cc2)s1. The highest BCUT2D eigenvalue weighted by molar-refractivity contribution is 7.98. The van der Waals surface area contributed by atoms with Gasteiger partial charge in [-0.05, 0) is 31.2 Å². The Kier molecular flexibility index (Phi) is 5.00. The van der Waals surface area contributed by atoms with Crippen molar-refractivity contribution < 1.29 is 8.42 Å². The van der Waals surface area contributed by atoms with Crippen LogP contribution in [0.15, 0.2) is 34.1 Å². The molecular formula is C12H15N3O2S3. The zero-order valence-electron chi connectivity index (χ0n) is 11.2. The molecule has 20 heavy (non-hydrogen) atoms. The van der Waals surface area contributed by atoms with Crippen molar-refractivity contribution in [1.29, 1.82) is 0 Å². The number of hydrogen-bond donors (Lipinski definition) is 1. The standard InChI is InChI=1S/C12H15N3O2S3/c1-3-13-12-15-14-11(19-12)8-18-9-4-6-10(7-5-9)20(2,16)17/h4-7H,3,8H2,1-2H3,(H,13,15). The molecule has 5 nitrogen and oxygen atoms in total. The average molecular weight is 329 g/mol. The van der Waals surface area contributed by atoms with Gasteiger partial charge in [0, 0.05) is 17.7 Å². The number of anilines is 1. The van der Waals surface area contributed by atoms with Gasteiger partial charge in [-0.15, -0.1) is 22.0 Å². The Bertz CT molecular complexity index is 666. The van der Waals surface area contributed by atoms with E-state index in [1.165, 1.54) is 17.6 Å². The molecular weight excluding hydrogens is 314 g/mol. The van der Waals surface area contributed by atoms with Crippen LogP contribution in [0.4, 0.5) is 5.13 Å². The molecule has 1 heterocycles. The average Bonchev–Trinajstić information content (AvgIpc) is 2.84. The molecule has 0 aliphatic heterocycles. The van der Waals surface area contributed by atoms with Crippen molar-refractivity contribution in [3.8, 4) is 0 Å². The highest BCUT2D eigenvalue weighted by atomic mass is 32.2. The molecule has 0 fully saturated rings. The number of rotatable bonds is 6. The largest absolute Gasteiger partial charge is 0.360 e. The van der Waals surface area contributed by atoms with E-state index in [4.69, 9.17) is 0 Å². The molecule has 0 radical (unpaired) electrons. The van der Waals surface area contributed by atoms with Gasteiger partial charge in [-0.1, -0.05) is 11.3 Å². The van der Waals surface area contributed by atoms with E-state index in [-0.39, 0.29) is 0 Å². The van der Waals surface area contributed by atoms with Crippen molar-refractivity contribution in [2.24, 2.45) is 0 Å². The number of aromatic nitrogens is 2. The number of nitrogens with zero attached hydrogens (tertiary/aromatic N) is 2. The predicted octanol–water partition coefficient (Wildman–Crippen LogP) is 2.67. The first kappa shape index (κ1) is 15.3. The predicted molar refractivity (Wildman–Crippen MR) is 83.2 cm³/mol. The minimum absolute atomic E-state index is 0.340. The first-order valence-corrected chi connectivity index (χ1v) is 9.67. The summed E-state index contributed by atoms with van der Waals surface area (Å²) >= 11 is 3.14. The molecule has 0 saturated heterocycles. The van der Waals surface area contributed by atoms with Crippen LogP contribution in [-0.2, 0) is 15.6 Å². The van der Waals surface area contributed by atoms with E-state index in [0.717, 1.165) is 27.3 Å². The fourth-order valence-electron chi connectivity index (χ4n) is 1.46. The second kappa shape index (κ2) is 6.55. The van der Waals surface area contributed by atoms with Crippen LogP contribution in [0.5, 0.6) is 0 Å².